The Balaban J connectivity index is 2.09. The second-order valence-electron chi connectivity index (χ2n) is 10.6. The maximum absolute atomic E-state index is 14.5. The van der Waals surface area contributed by atoms with Gasteiger partial charge in [-0.25, -0.2) is 19.9 Å². The average Bonchev–Trinajstić information content (AvgIpc) is 2.58. The van der Waals surface area contributed by atoms with Crippen LogP contribution in [0.15, 0.2) is 18.6 Å². The van der Waals surface area contributed by atoms with E-state index in [1.54, 1.807) is 6.20 Å². The van der Waals surface area contributed by atoms with Gasteiger partial charge in [0.25, 0.3) is 0 Å². The molecule has 2 aromatic rings. The molecule has 0 saturated heterocycles. The number of halogens is 1. The Morgan fingerprint density at radius 1 is 0.821 bits per heavy atom. The molecule has 2 aromatic heterocycles. The van der Waals surface area contributed by atoms with Crippen LogP contribution in [0.4, 0.5) is 4.39 Å². The molecule has 0 amide bonds. The molecule has 0 aliphatic carbocycles. The van der Waals surface area contributed by atoms with Crippen molar-refractivity contribution in [2.45, 2.75) is 97.3 Å². The molecule has 0 radical (unpaired) electrons. The summed E-state index contributed by atoms with van der Waals surface area (Å²) in [6.07, 6.45) is 7.28. The molecule has 28 heavy (non-hydrogen) atoms. The van der Waals surface area contributed by atoms with Gasteiger partial charge in [-0.15, -0.1) is 0 Å². The predicted octanol–water partition coefficient (Wildman–Crippen LogP) is 5.86. The first-order chi connectivity index (χ1) is 12.7. The summed E-state index contributed by atoms with van der Waals surface area (Å²) < 4.78 is 14.5. The minimum absolute atomic E-state index is 0.0512. The standard InChI is InChI=1S/C23H35FN4/c1-15(16-12-25-19(26-13-16)22(5,6)7)10-11-23(8,9)20-27-14-17(18(24)28-20)21(2,3)4/h12-15H,10-11H2,1-9H3. The first-order valence-corrected chi connectivity index (χ1v) is 10.1. The van der Waals surface area contributed by atoms with Gasteiger partial charge >= 0.3 is 0 Å². The van der Waals surface area contributed by atoms with Crippen LogP contribution in [0.2, 0.25) is 0 Å². The van der Waals surface area contributed by atoms with E-state index >= 15 is 0 Å². The Labute approximate surface area is 169 Å². The zero-order valence-corrected chi connectivity index (χ0v) is 18.9. The van der Waals surface area contributed by atoms with Gasteiger partial charge in [0.15, 0.2) is 0 Å². The van der Waals surface area contributed by atoms with Crippen molar-refractivity contribution < 1.29 is 4.39 Å². The van der Waals surface area contributed by atoms with Gasteiger partial charge in [0.05, 0.1) is 0 Å². The Kier molecular flexibility index (Phi) is 6.27. The lowest BCUT2D eigenvalue weighted by molar-refractivity contribution is 0.399. The average molecular weight is 387 g/mol. The molecule has 5 heteroatoms. The molecule has 2 heterocycles. The molecule has 0 aliphatic heterocycles. The molecule has 0 aromatic carbocycles. The minimum Gasteiger partial charge on any atom is -0.241 e. The van der Waals surface area contributed by atoms with Gasteiger partial charge in [-0.3, -0.25) is 0 Å². The molecule has 0 N–H and O–H groups in total. The summed E-state index contributed by atoms with van der Waals surface area (Å²) in [5.74, 6) is 1.31. The second kappa shape index (κ2) is 7.84. The SMILES string of the molecule is CC(CCC(C)(C)c1ncc(C(C)(C)C)c(F)n1)c1cnc(C(C)(C)C)nc1. The molecule has 0 aliphatic rings. The monoisotopic (exact) mass is 386 g/mol. The fraction of sp³-hybridized carbons (Fsp3) is 0.652. The van der Waals surface area contributed by atoms with Crippen molar-refractivity contribution in [3.63, 3.8) is 0 Å². The first kappa shape index (κ1) is 22.4. The number of aromatic nitrogens is 4. The molecule has 4 nitrogen and oxygen atoms in total. The van der Waals surface area contributed by atoms with Gasteiger partial charge in [-0.2, -0.15) is 4.39 Å². The van der Waals surface area contributed by atoms with Gasteiger partial charge in [0.2, 0.25) is 5.95 Å². The Morgan fingerprint density at radius 3 is 1.82 bits per heavy atom. The van der Waals surface area contributed by atoms with Gasteiger partial charge in [-0.05, 0) is 29.7 Å². The summed E-state index contributed by atoms with van der Waals surface area (Å²) >= 11 is 0. The van der Waals surface area contributed by atoms with E-state index < -0.39 is 5.95 Å². The maximum atomic E-state index is 14.5. The van der Waals surface area contributed by atoms with Crippen molar-refractivity contribution in [3.8, 4) is 0 Å². The molecule has 2 rings (SSSR count). The molecule has 154 valence electrons. The normalized spacial score (nSPS) is 14.2. The van der Waals surface area contributed by atoms with E-state index in [0.29, 0.717) is 17.3 Å². The van der Waals surface area contributed by atoms with Crippen LogP contribution in [0.5, 0.6) is 0 Å². The largest absolute Gasteiger partial charge is 0.241 e. The minimum atomic E-state index is -0.412. The molecular weight excluding hydrogens is 351 g/mol. The lowest BCUT2D eigenvalue weighted by Gasteiger charge is -2.26. The van der Waals surface area contributed by atoms with Crippen LogP contribution in [-0.4, -0.2) is 19.9 Å². The van der Waals surface area contributed by atoms with Crippen molar-refractivity contribution >= 4 is 0 Å². The van der Waals surface area contributed by atoms with Crippen molar-refractivity contribution in [1.29, 1.82) is 0 Å². The number of nitrogens with zero attached hydrogens (tertiary/aromatic N) is 4. The molecular formula is C23H35FN4. The lowest BCUT2D eigenvalue weighted by Crippen LogP contribution is -2.24. The summed E-state index contributed by atoms with van der Waals surface area (Å²) in [7, 11) is 0. The van der Waals surface area contributed by atoms with Gasteiger partial charge in [0, 0.05) is 35.0 Å². The molecule has 0 saturated carbocycles. The third kappa shape index (κ3) is 5.33. The zero-order valence-electron chi connectivity index (χ0n) is 18.9. The van der Waals surface area contributed by atoms with Gasteiger partial charge in [-0.1, -0.05) is 62.3 Å². The summed E-state index contributed by atoms with van der Waals surface area (Å²) in [5.41, 5.74) is 1.01. The third-order valence-corrected chi connectivity index (χ3v) is 5.27. The highest BCUT2D eigenvalue weighted by Crippen LogP contribution is 2.32. The van der Waals surface area contributed by atoms with Crippen LogP contribution >= 0.6 is 0 Å². The second-order valence-corrected chi connectivity index (χ2v) is 10.6. The fourth-order valence-electron chi connectivity index (χ4n) is 3.03. The fourth-order valence-corrected chi connectivity index (χ4v) is 3.03. The van der Waals surface area contributed by atoms with E-state index in [1.165, 1.54) is 0 Å². The molecule has 0 bridgehead atoms. The molecule has 0 fully saturated rings. The Morgan fingerprint density at radius 2 is 1.36 bits per heavy atom. The molecule has 0 spiro atoms. The van der Waals surface area contributed by atoms with Crippen molar-refractivity contribution in [2.75, 3.05) is 0 Å². The van der Waals surface area contributed by atoms with Crippen LogP contribution in [-0.2, 0) is 16.2 Å². The van der Waals surface area contributed by atoms with Crippen LogP contribution in [0, 0.1) is 5.95 Å². The first-order valence-electron chi connectivity index (χ1n) is 10.1. The highest BCUT2D eigenvalue weighted by molar-refractivity contribution is 5.20. The number of hydrogen-bond acceptors (Lipinski definition) is 4. The van der Waals surface area contributed by atoms with E-state index in [-0.39, 0.29) is 16.2 Å². The number of hydrogen-bond donors (Lipinski definition) is 0. The van der Waals surface area contributed by atoms with Gasteiger partial charge in [0.1, 0.15) is 11.6 Å². The highest BCUT2D eigenvalue weighted by Gasteiger charge is 2.28. The zero-order chi connectivity index (χ0) is 21.3. The highest BCUT2D eigenvalue weighted by atomic mass is 19.1. The summed E-state index contributed by atoms with van der Waals surface area (Å²) in [6, 6.07) is 0. The quantitative estimate of drug-likeness (QED) is 0.604. The van der Waals surface area contributed by atoms with Crippen LogP contribution in [0.25, 0.3) is 0 Å². The lowest BCUT2D eigenvalue weighted by atomic mass is 9.82. The van der Waals surface area contributed by atoms with Gasteiger partial charge < -0.3 is 0 Å². The summed E-state index contributed by atoms with van der Waals surface area (Å²) in [5, 5.41) is 0. The maximum Gasteiger partial charge on any atom is 0.219 e. The van der Waals surface area contributed by atoms with E-state index in [4.69, 9.17) is 0 Å². The van der Waals surface area contributed by atoms with E-state index in [0.717, 1.165) is 24.2 Å². The van der Waals surface area contributed by atoms with Crippen molar-refractivity contribution in [2.24, 2.45) is 0 Å². The van der Waals surface area contributed by atoms with Crippen molar-refractivity contribution in [3.05, 3.63) is 47.3 Å². The Hall–Kier alpha value is -1.91. The van der Waals surface area contributed by atoms with Crippen LogP contribution < -0.4 is 0 Å². The predicted molar refractivity (Wildman–Crippen MR) is 112 cm³/mol. The van der Waals surface area contributed by atoms with Crippen LogP contribution in [0.3, 0.4) is 0 Å². The molecule has 1 unspecified atom stereocenters. The van der Waals surface area contributed by atoms with Crippen molar-refractivity contribution in [1.82, 2.24) is 19.9 Å². The summed E-state index contributed by atoms with van der Waals surface area (Å²) in [6.45, 7) is 18.6. The Bertz CT molecular complexity index is 799. The van der Waals surface area contributed by atoms with E-state index in [2.05, 4.69) is 61.5 Å². The third-order valence-electron chi connectivity index (χ3n) is 5.27. The smallest absolute Gasteiger partial charge is 0.219 e. The van der Waals surface area contributed by atoms with E-state index in [1.807, 2.05) is 33.2 Å². The number of rotatable bonds is 5. The topological polar surface area (TPSA) is 51.6 Å². The van der Waals surface area contributed by atoms with Crippen LogP contribution in [0.1, 0.15) is 104 Å². The summed E-state index contributed by atoms with van der Waals surface area (Å²) in [4.78, 5) is 17.8. The molecule has 1 atom stereocenters. The van der Waals surface area contributed by atoms with E-state index in [9.17, 15) is 4.39 Å².